The summed E-state index contributed by atoms with van der Waals surface area (Å²) < 4.78 is 5.50. The molecule has 0 fully saturated rings. The van der Waals surface area contributed by atoms with Crippen LogP contribution in [0.4, 0.5) is 5.69 Å². The van der Waals surface area contributed by atoms with Crippen LogP contribution in [0.5, 0.6) is 0 Å². The molecule has 0 saturated carbocycles. The van der Waals surface area contributed by atoms with Gasteiger partial charge in [0.15, 0.2) is 0 Å². The van der Waals surface area contributed by atoms with Gasteiger partial charge in [0.25, 0.3) is 0 Å². The highest BCUT2D eigenvalue weighted by Gasteiger charge is 2.35. The fraction of sp³-hybridized carbons (Fsp3) is 0.455. The van der Waals surface area contributed by atoms with E-state index < -0.39 is 7.12 Å². The first-order chi connectivity index (χ1) is 7.08. The first kappa shape index (κ1) is 10.5. The van der Waals surface area contributed by atoms with E-state index in [2.05, 4.69) is 13.8 Å². The van der Waals surface area contributed by atoms with Gasteiger partial charge in [0.1, 0.15) is 0 Å². The topological polar surface area (TPSA) is 55.5 Å². The molecule has 3 nitrogen and oxygen atoms in total. The van der Waals surface area contributed by atoms with Crippen molar-refractivity contribution in [1.82, 2.24) is 0 Å². The van der Waals surface area contributed by atoms with E-state index in [1.807, 2.05) is 12.1 Å². The molecular weight excluding hydrogens is 189 g/mol. The van der Waals surface area contributed by atoms with Crippen molar-refractivity contribution >= 4 is 18.3 Å². The van der Waals surface area contributed by atoms with Crippen LogP contribution in [0.25, 0.3) is 0 Å². The molecule has 1 aliphatic heterocycles. The van der Waals surface area contributed by atoms with Gasteiger partial charge in [0, 0.05) is 5.69 Å². The normalized spacial score (nSPS) is 19.7. The van der Waals surface area contributed by atoms with E-state index in [0.29, 0.717) is 11.6 Å². The standard InChI is InChI=1S/C11H16BNO2/c1-7(2)5-11-9-4-3-8(13)6-10(9)12(14)15-11/h3-4,6-7,11,14H,5,13H2,1-2H3. The van der Waals surface area contributed by atoms with Gasteiger partial charge in [-0.1, -0.05) is 19.9 Å². The van der Waals surface area contributed by atoms with Gasteiger partial charge in [-0.2, -0.15) is 0 Å². The minimum Gasteiger partial charge on any atom is -0.423 e. The third-order valence-corrected chi connectivity index (χ3v) is 2.70. The van der Waals surface area contributed by atoms with Crippen LogP contribution in [0, 0.1) is 5.92 Å². The lowest BCUT2D eigenvalue weighted by molar-refractivity contribution is 0.165. The van der Waals surface area contributed by atoms with Crippen molar-refractivity contribution in [1.29, 1.82) is 0 Å². The van der Waals surface area contributed by atoms with Crippen LogP contribution in [0.2, 0.25) is 0 Å². The fourth-order valence-electron chi connectivity index (χ4n) is 2.01. The Morgan fingerprint density at radius 2 is 2.27 bits per heavy atom. The van der Waals surface area contributed by atoms with Crippen molar-refractivity contribution in [3.05, 3.63) is 23.8 Å². The summed E-state index contributed by atoms with van der Waals surface area (Å²) in [7, 11) is -0.813. The van der Waals surface area contributed by atoms with Gasteiger partial charge >= 0.3 is 7.12 Å². The van der Waals surface area contributed by atoms with Crippen LogP contribution in [0.3, 0.4) is 0 Å². The molecule has 4 heteroatoms. The van der Waals surface area contributed by atoms with Crippen molar-refractivity contribution < 1.29 is 9.68 Å². The smallest absolute Gasteiger partial charge is 0.423 e. The molecule has 0 amide bonds. The number of rotatable bonds is 2. The number of nitrogens with two attached hydrogens (primary N) is 1. The van der Waals surface area contributed by atoms with E-state index in [-0.39, 0.29) is 6.10 Å². The van der Waals surface area contributed by atoms with Gasteiger partial charge in [0.05, 0.1) is 6.10 Å². The third kappa shape index (κ3) is 2.01. The Balaban J connectivity index is 2.30. The van der Waals surface area contributed by atoms with E-state index in [4.69, 9.17) is 10.4 Å². The number of anilines is 1. The Hall–Kier alpha value is -0.995. The summed E-state index contributed by atoms with van der Waals surface area (Å²) in [6, 6.07) is 5.60. The second kappa shape index (κ2) is 3.87. The number of benzene rings is 1. The summed E-state index contributed by atoms with van der Waals surface area (Å²) in [6.45, 7) is 4.29. The quantitative estimate of drug-likeness (QED) is 0.560. The first-order valence-corrected chi connectivity index (χ1v) is 5.30. The maximum Gasteiger partial charge on any atom is 0.492 e. The van der Waals surface area contributed by atoms with Gasteiger partial charge in [-0.15, -0.1) is 0 Å². The summed E-state index contributed by atoms with van der Waals surface area (Å²) in [4.78, 5) is 0. The largest absolute Gasteiger partial charge is 0.492 e. The average Bonchev–Trinajstić information content (AvgIpc) is 2.42. The lowest BCUT2D eigenvalue weighted by Crippen LogP contribution is -2.28. The molecule has 0 bridgehead atoms. The predicted molar refractivity (Wildman–Crippen MR) is 61.7 cm³/mol. The van der Waals surface area contributed by atoms with E-state index in [0.717, 1.165) is 17.4 Å². The molecule has 1 aliphatic rings. The van der Waals surface area contributed by atoms with E-state index in [1.54, 1.807) is 6.07 Å². The molecule has 1 heterocycles. The summed E-state index contributed by atoms with van der Waals surface area (Å²) >= 11 is 0. The van der Waals surface area contributed by atoms with Crippen LogP contribution < -0.4 is 11.2 Å². The zero-order chi connectivity index (χ0) is 11.0. The molecule has 0 aliphatic carbocycles. The molecule has 2 rings (SSSR count). The molecule has 1 atom stereocenters. The summed E-state index contributed by atoms with van der Waals surface area (Å²) in [5.41, 5.74) is 8.24. The van der Waals surface area contributed by atoms with Crippen LogP contribution in [-0.2, 0) is 4.65 Å². The predicted octanol–water partition coefficient (Wildman–Crippen LogP) is 1.07. The Morgan fingerprint density at radius 3 is 2.93 bits per heavy atom. The first-order valence-electron chi connectivity index (χ1n) is 5.30. The summed E-state index contributed by atoms with van der Waals surface area (Å²) in [5.74, 6) is 0.547. The number of hydrogen-bond donors (Lipinski definition) is 2. The molecule has 1 aromatic rings. The van der Waals surface area contributed by atoms with Crippen molar-refractivity contribution in [2.75, 3.05) is 5.73 Å². The lowest BCUT2D eigenvalue weighted by Gasteiger charge is -2.14. The Labute approximate surface area is 90.4 Å². The van der Waals surface area contributed by atoms with Crippen molar-refractivity contribution in [2.45, 2.75) is 26.4 Å². The van der Waals surface area contributed by atoms with Gasteiger partial charge in [-0.05, 0) is 35.5 Å². The molecule has 80 valence electrons. The number of hydrogen-bond acceptors (Lipinski definition) is 3. The molecule has 3 N–H and O–H groups in total. The molecule has 0 radical (unpaired) electrons. The van der Waals surface area contributed by atoms with E-state index >= 15 is 0 Å². The van der Waals surface area contributed by atoms with E-state index in [9.17, 15) is 5.02 Å². The molecular formula is C11H16BNO2. The van der Waals surface area contributed by atoms with Crippen molar-refractivity contribution in [3.8, 4) is 0 Å². The average molecular weight is 205 g/mol. The second-order valence-electron chi connectivity index (χ2n) is 4.49. The van der Waals surface area contributed by atoms with Crippen LogP contribution in [0.15, 0.2) is 18.2 Å². The highest BCUT2D eigenvalue weighted by atomic mass is 16.5. The Kier molecular flexibility index (Phi) is 2.71. The van der Waals surface area contributed by atoms with Crippen LogP contribution >= 0.6 is 0 Å². The zero-order valence-corrected chi connectivity index (χ0v) is 9.10. The van der Waals surface area contributed by atoms with Crippen molar-refractivity contribution in [3.63, 3.8) is 0 Å². The monoisotopic (exact) mass is 205 g/mol. The summed E-state index contributed by atoms with van der Waals surface area (Å²) in [6.07, 6.45) is 0.934. The molecule has 1 aromatic carbocycles. The van der Waals surface area contributed by atoms with Gasteiger partial charge in [-0.25, -0.2) is 0 Å². The van der Waals surface area contributed by atoms with Gasteiger partial charge in [-0.3, -0.25) is 0 Å². The molecule has 0 saturated heterocycles. The lowest BCUT2D eigenvalue weighted by atomic mass is 9.79. The summed E-state index contributed by atoms with van der Waals surface area (Å²) in [5, 5.41) is 9.71. The van der Waals surface area contributed by atoms with Crippen LogP contribution in [0.1, 0.15) is 31.9 Å². The third-order valence-electron chi connectivity index (χ3n) is 2.70. The van der Waals surface area contributed by atoms with Crippen molar-refractivity contribution in [2.24, 2.45) is 5.92 Å². The van der Waals surface area contributed by atoms with Crippen LogP contribution in [-0.4, -0.2) is 12.1 Å². The van der Waals surface area contributed by atoms with Gasteiger partial charge < -0.3 is 15.4 Å². The van der Waals surface area contributed by atoms with E-state index in [1.165, 1.54) is 0 Å². The molecule has 1 unspecified atom stereocenters. The Bertz CT molecular complexity index is 368. The highest BCUT2D eigenvalue weighted by Crippen LogP contribution is 2.29. The second-order valence-corrected chi connectivity index (χ2v) is 4.49. The minimum absolute atomic E-state index is 0.00981. The maximum absolute atomic E-state index is 9.71. The zero-order valence-electron chi connectivity index (χ0n) is 9.10. The SMILES string of the molecule is CC(C)CC1OB(O)c2cc(N)ccc21. The number of nitrogen functional groups attached to an aromatic ring is 1. The molecule has 15 heavy (non-hydrogen) atoms. The minimum atomic E-state index is -0.813. The number of fused-ring (bicyclic) bond motifs is 1. The Morgan fingerprint density at radius 1 is 1.53 bits per heavy atom. The fourth-order valence-corrected chi connectivity index (χ4v) is 2.01. The van der Waals surface area contributed by atoms with Gasteiger partial charge in [0.2, 0.25) is 0 Å². The molecule has 0 aromatic heterocycles. The maximum atomic E-state index is 9.71. The molecule has 0 spiro atoms. The highest BCUT2D eigenvalue weighted by molar-refractivity contribution is 6.61.